The number of carbonyl (C=O) groups excluding carboxylic acids is 1. The lowest BCUT2D eigenvalue weighted by atomic mass is 10.1. The van der Waals surface area contributed by atoms with Gasteiger partial charge >= 0.3 is 0 Å². The Morgan fingerprint density at radius 1 is 1.25 bits per heavy atom. The molecule has 0 N–H and O–H groups in total. The van der Waals surface area contributed by atoms with Gasteiger partial charge in [-0.15, -0.1) is 0 Å². The maximum absolute atomic E-state index is 12.1. The molecule has 1 heterocycles. The van der Waals surface area contributed by atoms with E-state index in [-0.39, 0.29) is 12.4 Å². The summed E-state index contributed by atoms with van der Waals surface area (Å²) >= 11 is 2.22. The first-order valence-corrected chi connectivity index (χ1v) is 7.47. The predicted molar refractivity (Wildman–Crippen MR) is 84.6 cm³/mol. The fourth-order valence-electron chi connectivity index (χ4n) is 2.15. The Morgan fingerprint density at radius 3 is 3.00 bits per heavy atom. The topological polar surface area (TPSA) is 35.5 Å². The van der Waals surface area contributed by atoms with Gasteiger partial charge in [0.2, 0.25) is 0 Å². The number of rotatable bonds is 4. The lowest BCUT2D eigenvalue weighted by Gasteiger charge is -2.07. The van der Waals surface area contributed by atoms with E-state index in [9.17, 15) is 4.79 Å². The van der Waals surface area contributed by atoms with E-state index < -0.39 is 0 Å². The first kappa shape index (κ1) is 13.4. The van der Waals surface area contributed by atoms with Crippen LogP contribution in [0.4, 0.5) is 0 Å². The molecule has 0 amide bonds. The number of benzene rings is 2. The Kier molecular flexibility index (Phi) is 3.91. The molecule has 0 aliphatic carbocycles. The molecular formula is C16H13IO3. The lowest BCUT2D eigenvalue weighted by molar-refractivity contribution is 0.0921. The van der Waals surface area contributed by atoms with Crippen molar-refractivity contribution in [3.63, 3.8) is 0 Å². The molecule has 0 saturated heterocycles. The van der Waals surface area contributed by atoms with Crippen molar-refractivity contribution in [2.24, 2.45) is 0 Å². The van der Waals surface area contributed by atoms with Gasteiger partial charge in [0.25, 0.3) is 0 Å². The first-order chi connectivity index (χ1) is 9.72. The number of carbonyl (C=O) groups is 1. The third-order valence-corrected chi connectivity index (χ3v) is 3.85. The van der Waals surface area contributed by atoms with E-state index in [1.165, 1.54) is 0 Å². The molecule has 0 spiro atoms. The summed E-state index contributed by atoms with van der Waals surface area (Å²) in [6, 6.07) is 13.2. The van der Waals surface area contributed by atoms with Crippen LogP contribution in [0, 0.1) is 3.57 Å². The summed E-state index contributed by atoms with van der Waals surface area (Å²) in [6.45, 7) is 0.756. The summed E-state index contributed by atoms with van der Waals surface area (Å²) in [4.78, 5) is 12.1. The Bertz CT molecular complexity index is 652. The fraction of sp³-hybridized carbons (Fsp3) is 0.188. The van der Waals surface area contributed by atoms with E-state index in [2.05, 4.69) is 22.6 Å². The standard InChI is InChI=1S/C16H13IO3/c17-13-2-1-3-14(9-13)20-10-15(18)11-4-5-16-12(8-11)6-7-19-16/h1-5,8-9H,6-7,10H2. The highest BCUT2D eigenvalue weighted by Crippen LogP contribution is 2.26. The zero-order chi connectivity index (χ0) is 13.9. The highest BCUT2D eigenvalue weighted by molar-refractivity contribution is 14.1. The second-order valence-corrected chi connectivity index (χ2v) is 5.84. The van der Waals surface area contributed by atoms with E-state index >= 15 is 0 Å². The molecule has 0 unspecified atom stereocenters. The van der Waals surface area contributed by atoms with Gasteiger partial charge in [-0.05, 0) is 64.6 Å². The molecule has 20 heavy (non-hydrogen) atoms. The van der Waals surface area contributed by atoms with Crippen LogP contribution in [0.5, 0.6) is 11.5 Å². The molecule has 0 fully saturated rings. The largest absolute Gasteiger partial charge is 0.493 e. The van der Waals surface area contributed by atoms with Crippen molar-refractivity contribution in [2.75, 3.05) is 13.2 Å². The molecule has 4 heteroatoms. The van der Waals surface area contributed by atoms with E-state index in [0.29, 0.717) is 12.2 Å². The summed E-state index contributed by atoms with van der Waals surface area (Å²) < 4.78 is 12.1. The minimum absolute atomic E-state index is 0.0152. The van der Waals surface area contributed by atoms with Gasteiger partial charge in [0.15, 0.2) is 12.4 Å². The van der Waals surface area contributed by atoms with Crippen molar-refractivity contribution in [3.8, 4) is 11.5 Å². The monoisotopic (exact) mass is 380 g/mol. The molecule has 2 aromatic rings. The van der Waals surface area contributed by atoms with Gasteiger partial charge in [-0.25, -0.2) is 0 Å². The maximum Gasteiger partial charge on any atom is 0.200 e. The average molecular weight is 380 g/mol. The van der Waals surface area contributed by atoms with Crippen LogP contribution >= 0.6 is 22.6 Å². The van der Waals surface area contributed by atoms with Crippen LogP contribution in [0.3, 0.4) is 0 Å². The van der Waals surface area contributed by atoms with Crippen LogP contribution in [-0.4, -0.2) is 19.0 Å². The Morgan fingerprint density at radius 2 is 2.15 bits per heavy atom. The van der Waals surface area contributed by atoms with Crippen LogP contribution < -0.4 is 9.47 Å². The summed E-state index contributed by atoms with van der Waals surface area (Å²) in [5.41, 5.74) is 1.78. The normalized spacial score (nSPS) is 12.7. The molecule has 2 aromatic carbocycles. The van der Waals surface area contributed by atoms with Crippen LogP contribution in [-0.2, 0) is 6.42 Å². The third-order valence-electron chi connectivity index (χ3n) is 3.18. The number of ketones is 1. The average Bonchev–Trinajstić information content (AvgIpc) is 2.92. The SMILES string of the molecule is O=C(COc1cccc(I)c1)c1ccc2c(c1)CCO2. The van der Waals surface area contributed by atoms with Crippen LogP contribution in [0.15, 0.2) is 42.5 Å². The van der Waals surface area contributed by atoms with Crippen molar-refractivity contribution < 1.29 is 14.3 Å². The van der Waals surface area contributed by atoms with Crippen molar-refractivity contribution in [3.05, 3.63) is 57.2 Å². The van der Waals surface area contributed by atoms with Crippen molar-refractivity contribution >= 4 is 28.4 Å². The van der Waals surface area contributed by atoms with E-state index in [1.807, 2.05) is 36.4 Å². The fourth-order valence-corrected chi connectivity index (χ4v) is 2.66. The van der Waals surface area contributed by atoms with Crippen molar-refractivity contribution in [1.29, 1.82) is 0 Å². The van der Waals surface area contributed by atoms with Crippen LogP contribution in [0.1, 0.15) is 15.9 Å². The number of ether oxygens (including phenoxy) is 2. The number of fused-ring (bicyclic) bond motifs is 1. The second kappa shape index (κ2) is 5.83. The molecule has 0 atom stereocenters. The van der Waals surface area contributed by atoms with E-state index in [4.69, 9.17) is 9.47 Å². The molecule has 0 saturated carbocycles. The van der Waals surface area contributed by atoms with Gasteiger partial charge in [-0.3, -0.25) is 4.79 Å². The number of Topliss-reactive ketones (excluding diaryl/α,β-unsaturated/α-hetero) is 1. The third kappa shape index (κ3) is 2.95. The molecule has 102 valence electrons. The van der Waals surface area contributed by atoms with Crippen LogP contribution in [0.25, 0.3) is 0 Å². The smallest absolute Gasteiger partial charge is 0.200 e. The second-order valence-electron chi connectivity index (χ2n) is 4.59. The maximum atomic E-state index is 12.1. The Labute approximate surface area is 131 Å². The molecular weight excluding hydrogens is 367 g/mol. The summed E-state index contributed by atoms with van der Waals surface area (Å²) in [5.74, 6) is 1.59. The van der Waals surface area contributed by atoms with Gasteiger partial charge in [0.05, 0.1) is 6.61 Å². The van der Waals surface area contributed by atoms with Crippen molar-refractivity contribution in [1.82, 2.24) is 0 Å². The van der Waals surface area contributed by atoms with E-state index in [1.54, 1.807) is 6.07 Å². The minimum atomic E-state index is -0.0152. The Hall–Kier alpha value is -1.56. The molecule has 3 nitrogen and oxygen atoms in total. The lowest BCUT2D eigenvalue weighted by Crippen LogP contribution is -2.11. The van der Waals surface area contributed by atoms with Gasteiger partial charge < -0.3 is 9.47 Å². The summed E-state index contributed by atoms with van der Waals surface area (Å²) in [6.07, 6.45) is 0.869. The number of hydrogen-bond acceptors (Lipinski definition) is 3. The highest BCUT2D eigenvalue weighted by atomic mass is 127. The molecule has 1 aliphatic heterocycles. The van der Waals surface area contributed by atoms with Crippen LogP contribution in [0.2, 0.25) is 0 Å². The quantitative estimate of drug-likeness (QED) is 0.602. The van der Waals surface area contributed by atoms with Crippen molar-refractivity contribution in [2.45, 2.75) is 6.42 Å². The molecule has 0 aromatic heterocycles. The van der Waals surface area contributed by atoms with Gasteiger partial charge in [0.1, 0.15) is 11.5 Å². The summed E-state index contributed by atoms with van der Waals surface area (Å²) in [7, 11) is 0. The Balaban J connectivity index is 1.67. The highest BCUT2D eigenvalue weighted by Gasteiger charge is 2.15. The molecule has 1 aliphatic rings. The van der Waals surface area contributed by atoms with Gasteiger partial charge in [-0.1, -0.05) is 6.07 Å². The predicted octanol–water partition coefficient (Wildman–Crippen LogP) is 3.49. The van der Waals surface area contributed by atoms with Gasteiger partial charge in [-0.2, -0.15) is 0 Å². The number of hydrogen-bond donors (Lipinski definition) is 0. The molecule has 0 bridgehead atoms. The summed E-state index contributed by atoms with van der Waals surface area (Å²) in [5, 5.41) is 0. The zero-order valence-electron chi connectivity index (χ0n) is 10.8. The number of halogens is 1. The first-order valence-electron chi connectivity index (χ1n) is 6.40. The van der Waals surface area contributed by atoms with Gasteiger partial charge in [0, 0.05) is 15.6 Å². The zero-order valence-corrected chi connectivity index (χ0v) is 12.9. The molecule has 0 radical (unpaired) electrons. The molecule has 3 rings (SSSR count). The minimum Gasteiger partial charge on any atom is -0.493 e. The van der Waals surface area contributed by atoms with E-state index in [0.717, 1.165) is 27.1 Å².